The second-order valence-corrected chi connectivity index (χ2v) is 6.85. The van der Waals surface area contributed by atoms with E-state index < -0.39 is 9.85 Å². The summed E-state index contributed by atoms with van der Waals surface area (Å²) in [6.07, 6.45) is 4.91. The summed E-state index contributed by atoms with van der Waals surface area (Å²) in [5.74, 6) is 0.163. The fraction of sp³-hybridized carbons (Fsp3) is 0.222. The van der Waals surface area contributed by atoms with Crippen molar-refractivity contribution in [3.8, 4) is 0 Å². The fourth-order valence-corrected chi connectivity index (χ4v) is 4.14. The highest BCUT2D eigenvalue weighted by atomic mass is 35.5. The van der Waals surface area contributed by atoms with Crippen LogP contribution >= 0.6 is 11.6 Å². The summed E-state index contributed by atoms with van der Waals surface area (Å²) in [7, 11) is 0. The van der Waals surface area contributed by atoms with Gasteiger partial charge >= 0.3 is 0 Å². The number of para-hydroxylation sites is 1. The third-order valence-corrected chi connectivity index (χ3v) is 5.42. The molecule has 3 atom stereocenters. The van der Waals surface area contributed by atoms with Crippen LogP contribution in [-0.2, 0) is 0 Å². The molecule has 4 rings (SSSR count). The number of allylic oxidation sites excluding steroid dienone is 2. The summed E-state index contributed by atoms with van der Waals surface area (Å²) in [5.41, 5.74) is 1.91. The first kappa shape index (κ1) is 16.5. The van der Waals surface area contributed by atoms with Gasteiger partial charge in [-0.25, -0.2) is 0 Å². The van der Waals surface area contributed by atoms with Crippen LogP contribution in [0.1, 0.15) is 29.5 Å². The van der Waals surface area contributed by atoms with Crippen molar-refractivity contribution < 1.29 is 9.85 Å². The van der Waals surface area contributed by atoms with Gasteiger partial charge in [-0.1, -0.05) is 42.0 Å². The predicted molar refractivity (Wildman–Crippen MR) is 97.6 cm³/mol. The first-order valence-corrected chi connectivity index (χ1v) is 8.49. The molecule has 7 nitrogen and oxygen atoms in total. The van der Waals surface area contributed by atoms with Gasteiger partial charge in [-0.3, -0.25) is 20.2 Å². The Kier molecular flexibility index (Phi) is 3.88. The maximum absolute atomic E-state index is 11.4. The number of anilines is 1. The lowest BCUT2D eigenvalue weighted by molar-refractivity contribution is -0.384. The molecule has 2 aromatic rings. The number of nitro benzene ring substituents is 2. The average molecular weight is 372 g/mol. The Bertz CT molecular complexity index is 959. The molecule has 1 aliphatic carbocycles. The van der Waals surface area contributed by atoms with Crippen molar-refractivity contribution in [1.82, 2.24) is 0 Å². The first-order chi connectivity index (χ1) is 12.5. The van der Waals surface area contributed by atoms with Crippen molar-refractivity contribution in [2.45, 2.75) is 18.4 Å². The van der Waals surface area contributed by atoms with E-state index in [4.69, 9.17) is 11.6 Å². The quantitative estimate of drug-likeness (QED) is 0.466. The molecular formula is C18H14ClN3O4. The van der Waals surface area contributed by atoms with Crippen LogP contribution in [0.25, 0.3) is 0 Å². The Morgan fingerprint density at radius 2 is 1.85 bits per heavy atom. The Hall–Kier alpha value is -2.93. The van der Waals surface area contributed by atoms with Crippen molar-refractivity contribution >= 4 is 28.7 Å². The molecule has 1 aliphatic heterocycles. The molecule has 0 fully saturated rings. The summed E-state index contributed by atoms with van der Waals surface area (Å²) in [6, 6.07) is 9.46. The molecule has 0 amide bonds. The van der Waals surface area contributed by atoms with E-state index in [-0.39, 0.29) is 34.3 Å². The number of nitro groups is 2. The van der Waals surface area contributed by atoms with Gasteiger partial charge in [0.05, 0.1) is 15.9 Å². The van der Waals surface area contributed by atoms with Gasteiger partial charge in [0.15, 0.2) is 0 Å². The molecule has 0 bridgehead atoms. The molecule has 1 heterocycles. The van der Waals surface area contributed by atoms with Crippen LogP contribution in [0, 0.1) is 26.1 Å². The Labute approximate surface area is 153 Å². The molecule has 26 heavy (non-hydrogen) atoms. The number of rotatable bonds is 3. The molecule has 2 aliphatic rings. The zero-order valence-corrected chi connectivity index (χ0v) is 14.2. The smallest absolute Gasteiger partial charge is 0.292 e. The van der Waals surface area contributed by atoms with Gasteiger partial charge in [0.2, 0.25) is 0 Å². The number of benzene rings is 2. The van der Waals surface area contributed by atoms with Gasteiger partial charge in [0, 0.05) is 18.1 Å². The van der Waals surface area contributed by atoms with Crippen molar-refractivity contribution in [2.75, 3.05) is 5.32 Å². The molecule has 1 N–H and O–H groups in total. The van der Waals surface area contributed by atoms with Crippen LogP contribution in [0.15, 0.2) is 48.6 Å². The van der Waals surface area contributed by atoms with Crippen molar-refractivity contribution in [3.63, 3.8) is 0 Å². The molecule has 8 heteroatoms. The summed E-state index contributed by atoms with van der Waals surface area (Å²) in [4.78, 5) is 21.7. The minimum atomic E-state index is -0.518. The van der Waals surface area contributed by atoms with Gasteiger partial charge in [0.1, 0.15) is 10.7 Å². The van der Waals surface area contributed by atoms with E-state index in [2.05, 4.69) is 17.5 Å². The van der Waals surface area contributed by atoms with Crippen LogP contribution < -0.4 is 5.32 Å². The zero-order chi connectivity index (χ0) is 18.4. The van der Waals surface area contributed by atoms with Crippen LogP contribution in [-0.4, -0.2) is 9.85 Å². The number of hydrogen-bond acceptors (Lipinski definition) is 5. The van der Waals surface area contributed by atoms with E-state index in [1.165, 1.54) is 18.2 Å². The summed E-state index contributed by atoms with van der Waals surface area (Å²) in [6.45, 7) is 0. The number of nitrogens with zero attached hydrogens (tertiary/aromatic N) is 2. The standard InChI is InChI=1S/C18H14ClN3O4/c19-14-8-7-10(9-16(14)22(25)26)17-12-4-1-3-11(12)13-5-2-6-15(21(23)24)18(13)20-17/h1-3,5-9,11-12,17,20H,4H2/t11-,12+,17-/m0/s1. The van der Waals surface area contributed by atoms with E-state index in [0.717, 1.165) is 12.0 Å². The largest absolute Gasteiger partial charge is 0.372 e. The molecule has 0 spiro atoms. The minimum Gasteiger partial charge on any atom is -0.372 e. The molecule has 0 saturated heterocycles. The van der Waals surface area contributed by atoms with Crippen LogP contribution in [0.3, 0.4) is 0 Å². The van der Waals surface area contributed by atoms with Gasteiger partial charge in [-0.05, 0) is 29.5 Å². The number of fused-ring (bicyclic) bond motifs is 3. The van der Waals surface area contributed by atoms with Gasteiger partial charge in [-0.2, -0.15) is 0 Å². The molecule has 132 valence electrons. The number of hydrogen-bond donors (Lipinski definition) is 1. The highest BCUT2D eigenvalue weighted by Crippen LogP contribution is 2.52. The second kappa shape index (κ2) is 6.10. The maximum Gasteiger partial charge on any atom is 0.292 e. The summed E-state index contributed by atoms with van der Waals surface area (Å²) < 4.78 is 0. The summed E-state index contributed by atoms with van der Waals surface area (Å²) >= 11 is 5.93. The molecule has 0 unspecified atom stereocenters. The molecule has 0 saturated carbocycles. The number of halogens is 1. The molecule has 0 aromatic heterocycles. The monoisotopic (exact) mass is 371 g/mol. The van der Waals surface area contributed by atoms with E-state index in [1.54, 1.807) is 12.1 Å². The van der Waals surface area contributed by atoms with Crippen molar-refractivity contribution in [2.24, 2.45) is 5.92 Å². The molecular weight excluding hydrogens is 358 g/mol. The highest BCUT2D eigenvalue weighted by Gasteiger charge is 2.40. The van der Waals surface area contributed by atoms with Gasteiger partial charge in [-0.15, -0.1) is 0 Å². The third-order valence-electron chi connectivity index (χ3n) is 5.10. The van der Waals surface area contributed by atoms with E-state index in [9.17, 15) is 20.2 Å². The Morgan fingerprint density at radius 3 is 2.58 bits per heavy atom. The lowest BCUT2D eigenvalue weighted by Crippen LogP contribution is -2.29. The SMILES string of the molecule is O=[N+]([O-])c1cc([C@@H]2Nc3c(cccc3[N+](=O)[O-])[C@H]3C=CC[C@H]32)ccc1Cl. The lowest BCUT2D eigenvalue weighted by atomic mass is 9.76. The topological polar surface area (TPSA) is 98.3 Å². The van der Waals surface area contributed by atoms with Gasteiger partial charge < -0.3 is 5.32 Å². The average Bonchev–Trinajstić information content (AvgIpc) is 3.10. The van der Waals surface area contributed by atoms with Crippen molar-refractivity contribution in [3.05, 3.63) is 84.9 Å². The van der Waals surface area contributed by atoms with E-state index >= 15 is 0 Å². The predicted octanol–water partition coefficient (Wildman–Crippen LogP) is 4.98. The van der Waals surface area contributed by atoms with Crippen LogP contribution in [0.2, 0.25) is 5.02 Å². The normalized spacial score (nSPS) is 23.0. The van der Waals surface area contributed by atoms with Crippen LogP contribution in [0.5, 0.6) is 0 Å². The zero-order valence-electron chi connectivity index (χ0n) is 13.5. The van der Waals surface area contributed by atoms with Crippen LogP contribution in [0.4, 0.5) is 17.1 Å². The first-order valence-electron chi connectivity index (χ1n) is 8.11. The second-order valence-electron chi connectivity index (χ2n) is 6.44. The third kappa shape index (κ3) is 2.52. The van der Waals surface area contributed by atoms with E-state index in [1.807, 2.05) is 6.07 Å². The fourth-order valence-electron chi connectivity index (χ4n) is 3.95. The van der Waals surface area contributed by atoms with Gasteiger partial charge in [0.25, 0.3) is 11.4 Å². The Balaban J connectivity index is 1.84. The number of nitrogens with one attached hydrogen (secondary N) is 1. The maximum atomic E-state index is 11.4. The molecule has 2 aromatic carbocycles. The van der Waals surface area contributed by atoms with Crippen molar-refractivity contribution in [1.29, 1.82) is 0 Å². The van der Waals surface area contributed by atoms with E-state index in [0.29, 0.717) is 11.3 Å². The Morgan fingerprint density at radius 1 is 1.08 bits per heavy atom. The lowest BCUT2D eigenvalue weighted by Gasteiger charge is -2.37. The highest BCUT2D eigenvalue weighted by molar-refractivity contribution is 6.32. The summed E-state index contributed by atoms with van der Waals surface area (Å²) in [5, 5.41) is 26.0. The minimum absolute atomic E-state index is 0.00899. The molecule has 0 radical (unpaired) electrons.